The zero-order chi connectivity index (χ0) is 14.6. The van der Waals surface area contributed by atoms with E-state index in [1.54, 1.807) is 0 Å². The predicted molar refractivity (Wildman–Crippen MR) is 87.0 cm³/mol. The summed E-state index contributed by atoms with van der Waals surface area (Å²) in [7, 11) is 0. The fraction of sp³-hybridized carbons (Fsp3) is 0.667. The number of rotatable bonds is 5. The third-order valence-electron chi connectivity index (χ3n) is 5.13. The Morgan fingerprint density at radius 3 is 2.35 bits per heavy atom. The first-order valence-corrected chi connectivity index (χ1v) is 8.17. The van der Waals surface area contributed by atoms with E-state index in [1.165, 1.54) is 36.9 Å². The van der Waals surface area contributed by atoms with E-state index in [0.29, 0.717) is 11.6 Å². The molecule has 2 rings (SSSR count). The third kappa shape index (κ3) is 3.24. The van der Waals surface area contributed by atoms with Gasteiger partial charge in [0.05, 0.1) is 0 Å². The molecular weight excluding hydrogens is 244 g/mol. The molecule has 112 valence electrons. The van der Waals surface area contributed by atoms with E-state index in [9.17, 15) is 0 Å². The quantitative estimate of drug-likeness (QED) is 0.880. The maximum absolute atomic E-state index is 3.74. The Morgan fingerprint density at radius 2 is 1.80 bits per heavy atom. The molecule has 1 unspecified atom stereocenters. The summed E-state index contributed by atoms with van der Waals surface area (Å²) in [5, 5.41) is 3.74. The van der Waals surface area contributed by atoms with E-state index < -0.39 is 0 Å². The smallest absolute Gasteiger partial charge is 0.0333 e. The fourth-order valence-electron chi connectivity index (χ4n) is 3.34. The lowest BCUT2D eigenvalue weighted by Crippen LogP contribution is -2.63. The second-order valence-corrected chi connectivity index (χ2v) is 6.28. The SMILES string of the molecule is CCC1CN(Cc2ccc(C)cc2)C(CC)(CC)CN1. The van der Waals surface area contributed by atoms with Crippen molar-refractivity contribution in [2.75, 3.05) is 13.1 Å². The summed E-state index contributed by atoms with van der Waals surface area (Å²) in [5.41, 5.74) is 3.12. The molecule has 1 fully saturated rings. The van der Waals surface area contributed by atoms with Crippen molar-refractivity contribution in [3.05, 3.63) is 35.4 Å². The number of piperazine rings is 1. The molecule has 0 spiro atoms. The lowest BCUT2D eigenvalue weighted by atomic mass is 9.86. The Bertz CT molecular complexity index is 406. The number of aryl methyl sites for hydroxylation is 1. The summed E-state index contributed by atoms with van der Waals surface area (Å²) < 4.78 is 0. The molecule has 0 amide bonds. The summed E-state index contributed by atoms with van der Waals surface area (Å²) in [6.07, 6.45) is 3.66. The highest BCUT2D eigenvalue weighted by Gasteiger charge is 2.38. The molecule has 1 aromatic carbocycles. The number of hydrogen-bond acceptors (Lipinski definition) is 2. The average Bonchev–Trinajstić information content (AvgIpc) is 2.49. The molecule has 0 bridgehead atoms. The Kier molecular flexibility index (Phi) is 5.22. The Labute approximate surface area is 124 Å². The molecule has 1 aliphatic rings. The van der Waals surface area contributed by atoms with Gasteiger partial charge in [0.1, 0.15) is 0 Å². The largest absolute Gasteiger partial charge is 0.311 e. The maximum Gasteiger partial charge on any atom is 0.0333 e. The van der Waals surface area contributed by atoms with Crippen LogP contribution in [0.2, 0.25) is 0 Å². The molecule has 0 radical (unpaired) electrons. The highest BCUT2D eigenvalue weighted by atomic mass is 15.3. The van der Waals surface area contributed by atoms with Crippen molar-refractivity contribution >= 4 is 0 Å². The van der Waals surface area contributed by atoms with Crippen LogP contribution in [0, 0.1) is 6.92 Å². The van der Waals surface area contributed by atoms with Crippen LogP contribution < -0.4 is 5.32 Å². The minimum Gasteiger partial charge on any atom is -0.311 e. The second kappa shape index (κ2) is 6.73. The summed E-state index contributed by atoms with van der Waals surface area (Å²) in [4.78, 5) is 2.72. The highest BCUT2D eigenvalue weighted by molar-refractivity contribution is 5.21. The second-order valence-electron chi connectivity index (χ2n) is 6.28. The molecule has 2 nitrogen and oxygen atoms in total. The third-order valence-corrected chi connectivity index (χ3v) is 5.13. The maximum atomic E-state index is 3.74. The molecule has 1 aliphatic heterocycles. The van der Waals surface area contributed by atoms with Gasteiger partial charge in [-0.25, -0.2) is 0 Å². The van der Waals surface area contributed by atoms with E-state index in [2.05, 4.69) is 62.2 Å². The number of nitrogens with zero attached hydrogens (tertiary/aromatic N) is 1. The minimum atomic E-state index is 0.330. The molecule has 1 saturated heterocycles. The predicted octanol–water partition coefficient (Wildman–Crippen LogP) is 3.74. The molecule has 0 aliphatic carbocycles. The minimum absolute atomic E-state index is 0.330. The van der Waals surface area contributed by atoms with E-state index >= 15 is 0 Å². The van der Waals surface area contributed by atoms with Crippen molar-refractivity contribution in [3.8, 4) is 0 Å². The molecule has 0 saturated carbocycles. The molecule has 1 aromatic rings. The van der Waals surface area contributed by atoms with Gasteiger partial charge in [-0.05, 0) is 31.7 Å². The van der Waals surface area contributed by atoms with Crippen LogP contribution >= 0.6 is 0 Å². The molecule has 0 aromatic heterocycles. The molecule has 1 heterocycles. The number of benzene rings is 1. The summed E-state index contributed by atoms with van der Waals surface area (Å²) in [5.74, 6) is 0. The van der Waals surface area contributed by atoms with Crippen LogP contribution in [0.1, 0.15) is 51.2 Å². The van der Waals surface area contributed by atoms with Crippen LogP contribution in [0.15, 0.2) is 24.3 Å². The van der Waals surface area contributed by atoms with Crippen molar-refractivity contribution < 1.29 is 0 Å². The molecule has 1 atom stereocenters. The van der Waals surface area contributed by atoms with Gasteiger partial charge >= 0.3 is 0 Å². The van der Waals surface area contributed by atoms with Gasteiger partial charge in [0, 0.05) is 31.2 Å². The summed E-state index contributed by atoms with van der Waals surface area (Å²) in [6, 6.07) is 9.68. The standard InChI is InChI=1S/C18H30N2/c1-5-17-13-20(18(6-2,7-3)14-19-17)12-16-10-8-15(4)9-11-16/h8-11,17,19H,5-7,12-14H2,1-4H3. The van der Waals surface area contributed by atoms with Gasteiger partial charge in [0.25, 0.3) is 0 Å². The topological polar surface area (TPSA) is 15.3 Å². The fourth-order valence-corrected chi connectivity index (χ4v) is 3.34. The van der Waals surface area contributed by atoms with Gasteiger partial charge < -0.3 is 5.32 Å². The first kappa shape index (κ1) is 15.5. The van der Waals surface area contributed by atoms with E-state index in [1.807, 2.05) is 0 Å². The van der Waals surface area contributed by atoms with Crippen LogP contribution in [0.3, 0.4) is 0 Å². The van der Waals surface area contributed by atoms with Gasteiger partial charge in [-0.1, -0.05) is 50.6 Å². The van der Waals surface area contributed by atoms with Crippen LogP contribution in [0.5, 0.6) is 0 Å². The lowest BCUT2D eigenvalue weighted by Gasteiger charge is -2.49. The summed E-state index contributed by atoms with van der Waals surface area (Å²) in [6.45, 7) is 12.5. The molecule has 2 heteroatoms. The lowest BCUT2D eigenvalue weighted by molar-refractivity contribution is 0.0238. The first-order valence-electron chi connectivity index (χ1n) is 8.17. The monoisotopic (exact) mass is 274 g/mol. The van der Waals surface area contributed by atoms with Crippen LogP contribution in [0.4, 0.5) is 0 Å². The van der Waals surface area contributed by atoms with Crippen molar-refractivity contribution in [1.82, 2.24) is 10.2 Å². The highest BCUT2D eigenvalue weighted by Crippen LogP contribution is 2.29. The van der Waals surface area contributed by atoms with Gasteiger partial charge in [0.2, 0.25) is 0 Å². The van der Waals surface area contributed by atoms with Crippen molar-refractivity contribution in [1.29, 1.82) is 0 Å². The number of hydrogen-bond donors (Lipinski definition) is 1. The van der Waals surface area contributed by atoms with E-state index in [0.717, 1.165) is 13.1 Å². The summed E-state index contributed by atoms with van der Waals surface area (Å²) >= 11 is 0. The van der Waals surface area contributed by atoms with Gasteiger partial charge in [-0.3, -0.25) is 4.90 Å². The van der Waals surface area contributed by atoms with Crippen molar-refractivity contribution in [3.63, 3.8) is 0 Å². The van der Waals surface area contributed by atoms with Crippen molar-refractivity contribution in [2.45, 2.75) is 65.1 Å². The van der Waals surface area contributed by atoms with Crippen LogP contribution in [-0.2, 0) is 6.54 Å². The molecule has 20 heavy (non-hydrogen) atoms. The molecule has 1 N–H and O–H groups in total. The number of nitrogens with one attached hydrogen (secondary N) is 1. The van der Waals surface area contributed by atoms with Crippen molar-refractivity contribution in [2.24, 2.45) is 0 Å². The average molecular weight is 274 g/mol. The zero-order valence-corrected chi connectivity index (χ0v) is 13.6. The van der Waals surface area contributed by atoms with Crippen LogP contribution in [0.25, 0.3) is 0 Å². The van der Waals surface area contributed by atoms with Gasteiger partial charge in [-0.15, -0.1) is 0 Å². The Balaban J connectivity index is 2.16. The first-order chi connectivity index (χ1) is 9.63. The Morgan fingerprint density at radius 1 is 1.15 bits per heavy atom. The molecular formula is C18H30N2. The van der Waals surface area contributed by atoms with Gasteiger partial charge in [0.15, 0.2) is 0 Å². The van der Waals surface area contributed by atoms with Crippen LogP contribution in [-0.4, -0.2) is 29.6 Å². The Hall–Kier alpha value is -0.860. The zero-order valence-electron chi connectivity index (χ0n) is 13.6. The normalized spacial score (nSPS) is 22.9. The van der Waals surface area contributed by atoms with E-state index in [4.69, 9.17) is 0 Å². The van der Waals surface area contributed by atoms with Gasteiger partial charge in [-0.2, -0.15) is 0 Å². The van der Waals surface area contributed by atoms with E-state index in [-0.39, 0.29) is 0 Å².